The molecular weight excluding hydrogens is 444 g/mol. The van der Waals surface area contributed by atoms with Gasteiger partial charge in [-0.05, 0) is 26.0 Å². The first-order valence-corrected chi connectivity index (χ1v) is 11.1. The maximum Gasteiger partial charge on any atom is 0.254 e. The topological polar surface area (TPSA) is 80.9 Å². The van der Waals surface area contributed by atoms with Crippen molar-refractivity contribution in [2.45, 2.75) is 19.9 Å². The molecule has 0 aliphatic carbocycles. The van der Waals surface area contributed by atoms with Crippen LogP contribution in [0.5, 0.6) is 11.5 Å². The first-order chi connectivity index (χ1) is 15.9. The number of methoxy groups -OCH3 is 2. The summed E-state index contributed by atoms with van der Waals surface area (Å²) in [5.41, 5.74) is 2.57. The van der Waals surface area contributed by atoms with Gasteiger partial charge in [-0.15, -0.1) is 0 Å². The van der Waals surface area contributed by atoms with Gasteiger partial charge in [0.05, 0.1) is 25.3 Å². The Labute approximate surface area is 198 Å². The zero-order chi connectivity index (χ0) is 23.5. The molecule has 1 aliphatic rings. The monoisotopic (exact) mass is 470 g/mol. The average Bonchev–Trinajstić information content (AvgIpc) is 3.33. The van der Waals surface area contributed by atoms with Gasteiger partial charge in [0, 0.05) is 37.3 Å². The molecule has 0 spiro atoms. The van der Waals surface area contributed by atoms with Crippen molar-refractivity contribution < 1.29 is 18.8 Å². The van der Waals surface area contributed by atoms with Crippen LogP contribution in [0.3, 0.4) is 0 Å². The lowest BCUT2D eigenvalue weighted by atomic mass is 10.1. The Kier molecular flexibility index (Phi) is 6.85. The van der Waals surface area contributed by atoms with Crippen LogP contribution < -0.4 is 9.47 Å². The number of piperazine rings is 1. The second kappa shape index (κ2) is 9.80. The van der Waals surface area contributed by atoms with Gasteiger partial charge in [0.25, 0.3) is 5.91 Å². The van der Waals surface area contributed by atoms with E-state index in [0.29, 0.717) is 60.0 Å². The molecule has 1 saturated heterocycles. The molecule has 174 valence electrons. The number of carbonyl (C=O) groups excluding carboxylic acids is 1. The summed E-state index contributed by atoms with van der Waals surface area (Å²) >= 11 is 6.28. The fourth-order valence-corrected chi connectivity index (χ4v) is 4.21. The molecule has 0 bridgehead atoms. The minimum atomic E-state index is -0.0930. The number of hydrogen-bond acceptors (Lipinski definition) is 7. The van der Waals surface area contributed by atoms with Gasteiger partial charge in [-0.2, -0.15) is 4.98 Å². The first kappa shape index (κ1) is 23.1. The summed E-state index contributed by atoms with van der Waals surface area (Å²) in [7, 11) is 3.03. The Morgan fingerprint density at radius 3 is 2.42 bits per heavy atom. The van der Waals surface area contributed by atoms with Crippen LogP contribution in [-0.4, -0.2) is 66.2 Å². The summed E-state index contributed by atoms with van der Waals surface area (Å²) in [5.74, 6) is 1.90. The molecule has 0 N–H and O–H groups in total. The third-order valence-electron chi connectivity index (χ3n) is 5.94. The number of rotatable bonds is 6. The lowest BCUT2D eigenvalue weighted by Gasteiger charge is -2.36. The first-order valence-electron chi connectivity index (χ1n) is 10.8. The summed E-state index contributed by atoms with van der Waals surface area (Å²) < 4.78 is 16.1. The number of ether oxygens (including phenoxy) is 2. The van der Waals surface area contributed by atoms with Gasteiger partial charge in [-0.3, -0.25) is 9.69 Å². The van der Waals surface area contributed by atoms with E-state index < -0.39 is 0 Å². The van der Waals surface area contributed by atoms with Gasteiger partial charge in [-0.1, -0.05) is 46.6 Å². The second-order valence-corrected chi connectivity index (χ2v) is 8.43. The molecule has 1 amide bonds. The van der Waals surface area contributed by atoms with Crippen LogP contribution >= 0.6 is 11.6 Å². The van der Waals surface area contributed by atoms with Crippen molar-refractivity contribution in [2.75, 3.05) is 40.4 Å². The molecule has 2 heterocycles. The highest BCUT2D eigenvalue weighted by Crippen LogP contribution is 2.36. The van der Waals surface area contributed by atoms with Gasteiger partial charge in [-0.25, -0.2) is 0 Å². The fraction of sp³-hybridized carbons (Fsp3) is 0.375. The molecule has 0 radical (unpaired) electrons. The van der Waals surface area contributed by atoms with E-state index in [4.69, 9.17) is 25.6 Å². The highest BCUT2D eigenvalue weighted by Gasteiger charge is 2.29. The molecule has 1 aliphatic heterocycles. The van der Waals surface area contributed by atoms with Crippen LogP contribution in [0.25, 0.3) is 11.4 Å². The van der Waals surface area contributed by atoms with Crippen LogP contribution in [0.4, 0.5) is 0 Å². The Balaban J connectivity index is 1.40. The van der Waals surface area contributed by atoms with E-state index in [0.717, 1.165) is 5.56 Å². The quantitative estimate of drug-likeness (QED) is 0.533. The Hall–Kier alpha value is -3.10. The van der Waals surface area contributed by atoms with Crippen molar-refractivity contribution in [3.05, 3.63) is 58.4 Å². The normalized spacial score (nSPS) is 15.4. The second-order valence-electron chi connectivity index (χ2n) is 8.02. The molecule has 3 aromatic rings. The summed E-state index contributed by atoms with van der Waals surface area (Å²) in [5, 5.41) is 4.48. The molecule has 4 rings (SSSR count). The maximum absolute atomic E-state index is 13.1. The predicted molar refractivity (Wildman–Crippen MR) is 125 cm³/mol. The van der Waals surface area contributed by atoms with E-state index in [1.807, 2.05) is 43.0 Å². The van der Waals surface area contributed by atoms with Crippen LogP contribution in [-0.2, 0) is 0 Å². The van der Waals surface area contributed by atoms with Crippen molar-refractivity contribution in [1.82, 2.24) is 19.9 Å². The van der Waals surface area contributed by atoms with E-state index in [1.54, 1.807) is 12.1 Å². The number of benzene rings is 2. The van der Waals surface area contributed by atoms with Crippen LogP contribution in [0.2, 0.25) is 5.02 Å². The zero-order valence-electron chi connectivity index (χ0n) is 19.2. The summed E-state index contributed by atoms with van der Waals surface area (Å²) in [6, 6.07) is 11.2. The minimum absolute atomic E-state index is 0.0514. The van der Waals surface area contributed by atoms with E-state index in [9.17, 15) is 4.79 Å². The number of aromatic nitrogens is 2. The predicted octanol–water partition coefficient (Wildman–Crippen LogP) is 4.23. The molecule has 2 aromatic carbocycles. The molecule has 9 heteroatoms. The number of halogens is 1. The van der Waals surface area contributed by atoms with E-state index >= 15 is 0 Å². The summed E-state index contributed by atoms with van der Waals surface area (Å²) in [6.07, 6.45) is 0. The number of aryl methyl sites for hydroxylation is 1. The lowest BCUT2D eigenvalue weighted by molar-refractivity contribution is 0.0551. The summed E-state index contributed by atoms with van der Waals surface area (Å²) in [6.45, 7) is 6.62. The van der Waals surface area contributed by atoms with E-state index in [1.165, 1.54) is 19.8 Å². The van der Waals surface area contributed by atoms with Gasteiger partial charge < -0.3 is 18.9 Å². The highest BCUT2D eigenvalue weighted by atomic mass is 35.5. The molecule has 1 fully saturated rings. The Morgan fingerprint density at radius 2 is 1.79 bits per heavy atom. The zero-order valence-corrected chi connectivity index (χ0v) is 19.9. The summed E-state index contributed by atoms with van der Waals surface area (Å²) in [4.78, 5) is 21.7. The van der Waals surface area contributed by atoms with Gasteiger partial charge in [0.15, 0.2) is 11.5 Å². The van der Waals surface area contributed by atoms with Crippen LogP contribution in [0.15, 0.2) is 40.9 Å². The standard InChI is InChI=1S/C24H27ClN4O4/c1-15-5-7-17(8-6-15)22-26-23(33-27-22)16(2)28-9-11-29(12-10-28)24(30)18-13-19(25)21(32-4)20(14-18)31-3/h5-8,13-14,16H,9-12H2,1-4H3. The molecule has 33 heavy (non-hydrogen) atoms. The van der Waals surface area contributed by atoms with Gasteiger partial charge >= 0.3 is 0 Å². The van der Waals surface area contributed by atoms with Gasteiger partial charge in [0.1, 0.15) is 0 Å². The van der Waals surface area contributed by atoms with E-state index in [-0.39, 0.29) is 11.9 Å². The van der Waals surface area contributed by atoms with E-state index in [2.05, 4.69) is 15.0 Å². The lowest BCUT2D eigenvalue weighted by Crippen LogP contribution is -2.49. The number of carbonyl (C=O) groups is 1. The molecule has 1 atom stereocenters. The maximum atomic E-state index is 13.1. The molecule has 0 saturated carbocycles. The van der Waals surface area contributed by atoms with Crippen molar-refractivity contribution >= 4 is 17.5 Å². The molecule has 1 unspecified atom stereocenters. The smallest absolute Gasteiger partial charge is 0.254 e. The average molecular weight is 471 g/mol. The van der Waals surface area contributed by atoms with Crippen molar-refractivity contribution in [2.24, 2.45) is 0 Å². The fourth-order valence-electron chi connectivity index (χ4n) is 3.92. The largest absolute Gasteiger partial charge is 0.493 e. The molecule has 1 aromatic heterocycles. The highest BCUT2D eigenvalue weighted by molar-refractivity contribution is 6.32. The third-order valence-corrected chi connectivity index (χ3v) is 6.22. The molecule has 8 nitrogen and oxygen atoms in total. The third kappa shape index (κ3) is 4.82. The minimum Gasteiger partial charge on any atom is -0.493 e. The van der Waals surface area contributed by atoms with Gasteiger partial charge in [0.2, 0.25) is 11.7 Å². The van der Waals surface area contributed by atoms with Crippen molar-refractivity contribution in [1.29, 1.82) is 0 Å². The SMILES string of the molecule is COc1cc(C(=O)N2CCN(C(C)c3nc(-c4ccc(C)cc4)no3)CC2)cc(Cl)c1OC. The number of amides is 1. The Bertz CT molecular complexity index is 1120. The van der Waals surface area contributed by atoms with Crippen LogP contribution in [0, 0.1) is 6.92 Å². The van der Waals surface area contributed by atoms with Crippen LogP contribution in [0.1, 0.15) is 34.8 Å². The number of hydrogen-bond donors (Lipinski definition) is 0. The molecular formula is C24H27ClN4O4. The Morgan fingerprint density at radius 1 is 1.09 bits per heavy atom. The van der Waals surface area contributed by atoms with Crippen molar-refractivity contribution in [3.63, 3.8) is 0 Å². The van der Waals surface area contributed by atoms with Crippen molar-refractivity contribution in [3.8, 4) is 22.9 Å². The number of nitrogens with zero attached hydrogens (tertiary/aromatic N) is 4.